The van der Waals surface area contributed by atoms with Crippen molar-refractivity contribution in [3.63, 3.8) is 0 Å². The van der Waals surface area contributed by atoms with Crippen molar-refractivity contribution < 1.29 is 31.1 Å². The summed E-state index contributed by atoms with van der Waals surface area (Å²) in [6.07, 6.45) is -3.61. The summed E-state index contributed by atoms with van der Waals surface area (Å²) in [4.78, 5) is -0.314. The van der Waals surface area contributed by atoms with E-state index in [1.54, 1.807) is 6.07 Å². The average molecular weight is 445 g/mol. The topological polar surface area (TPSA) is 52.6 Å². The van der Waals surface area contributed by atoms with Gasteiger partial charge in [0.2, 0.25) is 14.6 Å². The number of sulfone groups is 1. The molecular weight excluding hydrogens is 417 g/mol. The second kappa shape index (κ2) is 8.37. The summed E-state index contributed by atoms with van der Waals surface area (Å²) >= 11 is 0. The number of rotatable bonds is 6. The lowest BCUT2D eigenvalue weighted by molar-refractivity contribution is -0.384. The highest BCUT2D eigenvalue weighted by atomic mass is 32.2. The van der Waals surface area contributed by atoms with Gasteiger partial charge < -0.3 is 9.47 Å². The lowest BCUT2D eigenvalue weighted by Gasteiger charge is -2.40. The minimum atomic E-state index is -5.21. The van der Waals surface area contributed by atoms with Crippen LogP contribution in [0.5, 0.6) is 0 Å². The third kappa shape index (κ3) is 3.57. The Kier molecular flexibility index (Phi) is 6.82. The fourth-order valence-corrected chi connectivity index (χ4v) is 5.80. The minimum Gasteiger partial charge on any atom is -0.341 e. The monoisotopic (exact) mass is 444 g/mol. The molecule has 1 fully saturated rings. The SMILES string of the molecule is C=C1C(C)(C)O[C@@](OCC)(C(F)(F)F)[C@@]1(C#CCCCC)S(=O)(=O)c1ccccc1. The van der Waals surface area contributed by atoms with Gasteiger partial charge in [0, 0.05) is 13.0 Å². The summed E-state index contributed by atoms with van der Waals surface area (Å²) < 4.78 is 79.2. The molecular formula is C22H27F3O4S. The van der Waals surface area contributed by atoms with E-state index in [1.807, 2.05) is 6.92 Å². The molecule has 4 nitrogen and oxygen atoms in total. The number of alkyl halides is 3. The molecule has 1 aliphatic rings. The molecule has 166 valence electrons. The Hall–Kier alpha value is -1.82. The molecule has 0 amide bonds. The first kappa shape index (κ1) is 24.4. The highest BCUT2D eigenvalue weighted by Crippen LogP contribution is 2.60. The lowest BCUT2D eigenvalue weighted by Crippen LogP contribution is -2.65. The summed E-state index contributed by atoms with van der Waals surface area (Å²) in [6, 6.07) is 6.91. The van der Waals surface area contributed by atoms with E-state index >= 15 is 0 Å². The van der Waals surface area contributed by atoms with Crippen LogP contribution in [-0.2, 0) is 19.3 Å². The lowest BCUT2D eigenvalue weighted by atomic mass is 9.85. The van der Waals surface area contributed by atoms with Crippen LogP contribution in [0.25, 0.3) is 0 Å². The van der Waals surface area contributed by atoms with E-state index < -0.39 is 38.8 Å². The zero-order valence-corrected chi connectivity index (χ0v) is 18.4. The van der Waals surface area contributed by atoms with Gasteiger partial charge >= 0.3 is 12.0 Å². The molecule has 2 rings (SSSR count). The van der Waals surface area contributed by atoms with E-state index in [4.69, 9.17) is 9.47 Å². The van der Waals surface area contributed by atoms with Crippen molar-refractivity contribution in [2.75, 3.05) is 6.61 Å². The highest BCUT2D eigenvalue weighted by Gasteiger charge is 2.82. The van der Waals surface area contributed by atoms with Crippen LogP contribution in [0.3, 0.4) is 0 Å². The van der Waals surface area contributed by atoms with Crippen molar-refractivity contribution in [3.05, 3.63) is 42.5 Å². The van der Waals surface area contributed by atoms with Gasteiger partial charge in [0.25, 0.3) is 0 Å². The Morgan fingerprint density at radius 1 is 1.17 bits per heavy atom. The summed E-state index contributed by atoms with van der Waals surface area (Å²) in [5, 5.41) is 0. The molecule has 0 aliphatic carbocycles. The number of unbranched alkanes of at least 4 members (excludes halogenated alkanes) is 2. The Balaban J connectivity index is 2.99. The maximum absolute atomic E-state index is 14.6. The normalized spacial score (nSPS) is 26.3. The molecule has 2 atom stereocenters. The van der Waals surface area contributed by atoms with Gasteiger partial charge in [0.1, 0.15) is 0 Å². The van der Waals surface area contributed by atoms with Crippen molar-refractivity contribution in [2.45, 2.75) is 74.2 Å². The highest BCUT2D eigenvalue weighted by molar-refractivity contribution is 7.93. The first-order valence-corrected chi connectivity index (χ1v) is 11.2. The van der Waals surface area contributed by atoms with Gasteiger partial charge in [0.05, 0.1) is 10.5 Å². The number of ether oxygens (including phenoxy) is 2. The molecule has 0 saturated carbocycles. The molecule has 1 heterocycles. The maximum atomic E-state index is 14.6. The maximum Gasteiger partial charge on any atom is 0.446 e. The molecule has 0 aromatic heterocycles. The summed E-state index contributed by atoms with van der Waals surface area (Å²) in [5.74, 6) is 1.57. The Bertz CT molecular complexity index is 942. The van der Waals surface area contributed by atoms with E-state index in [0.717, 1.165) is 6.42 Å². The van der Waals surface area contributed by atoms with Crippen LogP contribution in [0.4, 0.5) is 13.2 Å². The first-order chi connectivity index (χ1) is 13.8. The summed E-state index contributed by atoms with van der Waals surface area (Å²) in [7, 11) is -4.76. The van der Waals surface area contributed by atoms with E-state index in [2.05, 4.69) is 18.4 Å². The van der Waals surface area contributed by atoms with Gasteiger partial charge in [-0.2, -0.15) is 13.2 Å². The molecule has 1 saturated heterocycles. The number of halogens is 3. The van der Waals surface area contributed by atoms with Gasteiger partial charge in [-0.15, -0.1) is 5.92 Å². The second-order valence-electron chi connectivity index (χ2n) is 7.54. The summed E-state index contributed by atoms with van der Waals surface area (Å²) in [5.41, 5.74) is -1.97. The van der Waals surface area contributed by atoms with E-state index in [1.165, 1.54) is 45.0 Å². The predicted molar refractivity (Wildman–Crippen MR) is 108 cm³/mol. The van der Waals surface area contributed by atoms with Crippen molar-refractivity contribution in [1.82, 2.24) is 0 Å². The number of hydrogen-bond acceptors (Lipinski definition) is 4. The van der Waals surface area contributed by atoms with Crippen LogP contribution in [-0.4, -0.2) is 37.3 Å². The van der Waals surface area contributed by atoms with Gasteiger partial charge in [0.15, 0.2) is 0 Å². The molecule has 0 N–H and O–H groups in total. The largest absolute Gasteiger partial charge is 0.446 e. The number of hydrogen-bond donors (Lipinski definition) is 0. The zero-order valence-electron chi connectivity index (χ0n) is 17.6. The van der Waals surface area contributed by atoms with E-state index in [0.29, 0.717) is 6.42 Å². The molecule has 0 spiro atoms. The molecule has 1 aliphatic heterocycles. The van der Waals surface area contributed by atoms with Crippen LogP contribution < -0.4 is 0 Å². The van der Waals surface area contributed by atoms with Gasteiger partial charge in [-0.25, -0.2) is 8.42 Å². The third-order valence-corrected chi connectivity index (χ3v) is 7.43. The molecule has 1 aromatic carbocycles. The van der Waals surface area contributed by atoms with Crippen LogP contribution in [0, 0.1) is 11.8 Å². The molecule has 0 radical (unpaired) electrons. The first-order valence-electron chi connectivity index (χ1n) is 9.74. The third-order valence-electron chi connectivity index (χ3n) is 5.11. The fraction of sp³-hybridized carbons (Fsp3) is 0.545. The predicted octanol–water partition coefficient (Wildman–Crippen LogP) is 5.05. The van der Waals surface area contributed by atoms with Gasteiger partial charge in [-0.05, 0) is 44.9 Å². The van der Waals surface area contributed by atoms with Crippen molar-refractivity contribution in [1.29, 1.82) is 0 Å². The molecule has 30 heavy (non-hydrogen) atoms. The molecule has 0 bridgehead atoms. The molecule has 0 unspecified atom stereocenters. The Labute approximate surface area is 176 Å². The molecule has 1 aromatic rings. The molecule has 8 heteroatoms. The van der Waals surface area contributed by atoms with Crippen LogP contribution in [0.1, 0.15) is 47.0 Å². The van der Waals surface area contributed by atoms with Crippen LogP contribution in [0.15, 0.2) is 47.4 Å². The van der Waals surface area contributed by atoms with Crippen molar-refractivity contribution in [2.24, 2.45) is 0 Å². The zero-order chi connectivity index (χ0) is 22.8. The standard InChI is InChI=1S/C22H27F3O4S/c1-6-8-9-13-16-20(30(26,27)18-14-11-10-12-15-18)17(3)19(4,5)29-21(20,28-7-2)22(23,24)25/h10-12,14-15H,3,6-9H2,1-2,4-5H3/t20-,21+/m0/s1. The Morgan fingerprint density at radius 2 is 1.77 bits per heavy atom. The van der Waals surface area contributed by atoms with E-state index in [9.17, 15) is 21.6 Å². The van der Waals surface area contributed by atoms with Crippen LogP contribution in [0.2, 0.25) is 0 Å². The minimum absolute atomic E-state index is 0.232. The van der Waals surface area contributed by atoms with Crippen molar-refractivity contribution in [3.8, 4) is 11.8 Å². The van der Waals surface area contributed by atoms with Gasteiger partial charge in [-0.3, -0.25) is 0 Å². The Morgan fingerprint density at radius 3 is 2.27 bits per heavy atom. The average Bonchev–Trinajstić information content (AvgIpc) is 2.85. The fourth-order valence-electron chi connectivity index (χ4n) is 3.58. The number of benzene rings is 1. The van der Waals surface area contributed by atoms with Gasteiger partial charge in [-0.1, -0.05) is 44.0 Å². The summed E-state index contributed by atoms with van der Waals surface area (Å²) in [6.45, 7) is 9.24. The smallest absolute Gasteiger partial charge is 0.341 e. The van der Waals surface area contributed by atoms with E-state index in [-0.39, 0.29) is 16.9 Å². The quantitative estimate of drug-likeness (QED) is 0.350. The van der Waals surface area contributed by atoms with Crippen LogP contribution >= 0.6 is 0 Å². The second-order valence-corrected chi connectivity index (χ2v) is 9.63. The van der Waals surface area contributed by atoms with Crippen molar-refractivity contribution >= 4 is 9.84 Å².